The van der Waals surface area contributed by atoms with Gasteiger partial charge in [-0.2, -0.15) is 0 Å². The number of piperidine rings is 1. The van der Waals surface area contributed by atoms with Gasteiger partial charge in [0.2, 0.25) is 5.91 Å². The Bertz CT molecular complexity index is 921. The van der Waals surface area contributed by atoms with Crippen LogP contribution in [0.5, 0.6) is 0 Å². The molecule has 0 unspecified atom stereocenters. The van der Waals surface area contributed by atoms with Crippen LogP contribution in [-0.4, -0.2) is 56.0 Å². The van der Waals surface area contributed by atoms with Gasteiger partial charge in [0, 0.05) is 62.7 Å². The lowest BCUT2D eigenvalue weighted by molar-refractivity contribution is -0.132. The predicted molar refractivity (Wildman–Crippen MR) is 109 cm³/mol. The first-order chi connectivity index (χ1) is 13.5. The number of hydrogen-bond donors (Lipinski definition) is 1. The second-order valence-corrected chi connectivity index (χ2v) is 8.47. The monoisotopic (exact) mass is 385 g/mol. The number of hydrogen-bond acceptors (Lipinski definition) is 4. The number of amides is 1. The van der Waals surface area contributed by atoms with Crippen LogP contribution in [0.4, 0.5) is 0 Å². The van der Waals surface area contributed by atoms with Gasteiger partial charge in [-0.15, -0.1) is 0 Å². The van der Waals surface area contributed by atoms with E-state index in [2.05, 4.69) is 23.8 Å². The maximum atomic E-state index is 13.1. The minimum atomic E-state index is 0.0344. The van der Waals surface area contributed by atoms with Crippen molar-refractivity contribution in [2.75, 3.05) is 19.6 Å². The Morgan fingerprint density at radius 3 is 2.71 bits per heavy atom. The summed E-state index contributed by atoms with van der Waals surface area (Å²) in [6, 6.07) is 2.46. The van der Waals surface area contributed by atoms with Gasteiger partial charge in [0.1, 0.15) is 0 Å². The molecule has 0 aliphatic carbocycles. The first kappa shape index (κ1) is 19.2. The summed E-state index contributed by atoms with van der Waals surface area (Å²) in [5, 5.41) is 3.32. The molecule has 1 saturated heterocycles. The highest BCUT2D eigenvalue weighted by Gasteiger charge is 2.27. The van der Waals surface area contributed by atoms with Gasteiger partial charge in [0.25, 0.3) is 5.56 Å². The summed E-state index contributed by atoms with van der Waals surface area (Å²) in [5.74, 6) is 0.605. The van der Waals surface area contributed by atoms with Crippen molar-refractivity contribution in [2.45, 2.75) is 71.4 Å². The Balaban J connectivity index is 1.55. The molecule has 152 valence electrons. The lowest BCUT2D eigenvalue weighted by Crippen LogP contribution is -2.40. The fourth-order valence-electron chi connectivity index (χ4n) is 4.48. The van der Waals surface area contributed by atoms with Crippen LogP contribution in [0.25, 0.3) is 5.65 Å². The van der Waals surface area contributed by atoms with E-state index in [0.717, 1.165) is 67.9 Å². The number of fused-ring (bicyclic) bond motifs is 2. The Morgan fingerprint density at radius 2 is 2.04 bits per heavy atom. The third-order valence-electron chi connectivity index (χ3n) is 6.29. The molecule has 2 aromatic rings. The van der Waals surface area contributed by atoms with E-state index in [-0.39, 0.29) is 11.5 Å². The highest BCUT2D eigenvalue weighted by Crippen LogP contribution is 2.28. The van der Waals surface area contributed by atoms with Crippen LogP contribution in [0.2, 0.25) is 0 Å². The minimum absolute atomic E-state index is 0.0344. The molecule has 7 nitrogen and oxygen atoms in total. The minimum Gasteiger partial charge on any atom is -0.343 e. The van der Waals surface area contributed by atoms with Gasteiger partial charge in [0.05, 0.1) is 11.3 Å². The summed E-state index contributed by atoms with van der Waals surface area (Å²) in [6.45, 7) is 9.59. The number of carbonyl (C=O) groups excluding carboxylic acids is 1. The molecule has 0 aromatic carbocycles. The lowest BCUT2D eigenvalue weighted by atomic mass is 9.93. The van der Waals surface area contributed by atoms with E-state index >= 15 is 0 Å². The largest absolute Gasteiger partial charge is 0.343 e. The van der Waals surface area contributed by atoms with E-state index in [4.69, 9.17) is 4.98 Å². The van der Waals surface area contributed by atoms with Crippen LogP contribution in [0.15, 0.2) is 10.9 Å². The highest BCUT2D eigenvalue weighted by molar-refractivity contribution is 5.76. The fraction of sp³-hybridized carbons (Fsp3) is 0.667. The molecule has 2 aliphatic heterocycles. The summed E-state index contributed by atoms with van der Waals surface area (Å²) in [6.07, 6.45) is 4.22. The van der Waals surface area contributed by atoms with E-state index in [1.54, 1.807) is 4.52 Å². The van der Waals surface area contributed by atoms with Crippen molar-refractivity contribution in [1.82, 2.24) is 24.4 Å². The summed E-state index contributed by atoms with van der Waals surface area (Å²) in [7, 11) is 0. The average molecular weight is 386 g/mol. The smallest absolute Gasteiger partial charge is 0.277 e. The second kappa shape index (κ2) is 7.70. The van der Waals surface area contributed by atoms with Crippen molar-refractivity contribution >= 4 is 11.6 Å². The SMILES string of the molecule is CCCC(=O)N1CCC(c2cc3nc4c(c(=O)n3[nH]2)CN(C(C)C)CC4)CC1. The van der Waals surface area contributed by atoms with E-state index in [1.165, 1.54) is 0 Å². The van der Waals surface area contributed by atoms with Crippen LogP contribution in [0.3, 0.4) is 0 Å². The zero-order chi connectivity index (χ0) is 19.8. The third-order valence-corrected chi connectivity index (χ3v) is 6.29. The van der Waals surface area contributed by atoms with E-state index in [0.29, 0.717) is 24.9 Å². The second-order valence-electron chi connectivity index (χ2n) is 8.47. The molecule has 0 bridgehead atoms. The molecule has 1 fully saturated rings. The molecule has 0 spiro atoms. The maximum Gasteiger partial charge on any atom is 0.277 e. The van der Waals surface area contributed by atoms with Crippen LogP contribution in [0, 0.1) is 0 Å². The topological polar surface area (TPSA) is 73.7 Å². The Labute approximate surface area is 165 Å². The zero-order valence-electron chi connectivity index (χ0n) is 17.2. The van der Waals surface area contributed by atoms with Gasteiger partial charge in [-0.25, -0.2) is 9.50 Å². The molecule has 0 atom stereocenters. The molecule has 2 aromatic heterocycles. The van der Waals surface area contributed by atoms with Gasteiger partial charge in [-0.3, -0.25) is 19.6 Å². The van der Waals surface area contributed by atoms with E-state index in [1.807, 2.05) is 17.9 Å². The normalized spacial score (nSPS) is 18.8. The highest BCUT2D eigenvalue weighted by atomic mass is 16.2. The first-order valence-electron chi connectivity index (χ1n) is 10.6. The van der Waals surface area contributed by atoms with Gasteiger partial charge in [-0.1, -0.05) is 6.92 Å². The number of rotatable bonds is 4. The number of H-pyrrole nitrogens is 1. The van der Waals surface area contributed by atoms with Crippen molar-refractivity contribution in [1.29, 1.82) is 0 Å². The standard InChI is InChI=1S/C21H31N5O2/c1-4-5-20(27)24-9-6-15(7-10-24)18-12-19-22-17-8-11-25(14(2)3)13-16(17)21(28)26(19)23-18/h12,14-15,23H,4-11,13H2,1-3H3. The zero-order valence-corrected chi connectivity index (χ0v) is 17.2. The quantitative estimate of drug-likeness (QED) is 0.876. The summed E-state index contributed by atoms with van der Waals surface area (Å²) in [5.41, 5.74) is 3.60. The van der Waals surface area contributed by atoms with Gasteiger partial charge in [-0.05, 0) is 33.1 Å². The van der Waals surface area contributed by atoms with Crippen molar-refractivity contribution in [3.8, 4) is 0 Å². The van der Waals surface area contributed by atoms with Crippen molar-refractivity contribution in [3.05, 3.63) is 33.4 Å². The summed E-state index contributed by atoms with van der Waals surface area (Å²) in [4.78, 5) is 34.3. The molecule has 7 heteroatoms. The van der Waals surface area contributed by atoms with Gasteiger partial charge in [0.15, 0.2) is 5.65 Å². The molecule has 2 aliphatic rings. The number of carbonyl (C=O) groups is 1. The van der Waals surface area contributed by atoms with Crippen molar-refractivity contribution < 1.29 is 4.79 Å². The van der Waals surface area contributed by atoms with Crippen LogP contribution in [0.1, 0.15) is 69.3 Å². The van der Waals surface area contributed by atoms with E-state index < -0.39 is 0 Å². The summed E-state index contributed by atoms with van der Waals surface area (Å²) >= 11 is 0. The molecule has 1 amide bonds. The Hall–Kier alpha value is -2.15. The number of nitrogens with one attached hydrogen (secondary N) is 1. The fourth-order valence-corrected chi connectivity index (χ4v) is 4.48. The van der Waals surface area contributed by atoms with Gasteiger partial charge >= 0.3 is 0 Å². The molecular weight excluding hydrogens is 354 g/mol. The molecule has 0 radical (unpaired) electrons. The van der Waals surface area contributed by atoms with Crippen LogP contribution in [-0.2, 0) is 17.8 Å². The molecular formula is C21H31N5O2. The molecule has 28 heavy (non-hydrogen) atoms. The van der Waals surface area contributed by atoms with Gasteiger partial charge < -0.3 is 4.90 Å². The van der Waals surface area contributed by atoms with E-state index in [9.17, 15) is 9.59 Å². The Kier molecular flexibility index (Phi) is 5.27. The molecule has 4 rings (SSSR count). The van der Waals surface area contributed by atoms with Crippen LogP contribution >= 0.6 is 0 Å². The third kappa shape index (κ3) is 3.48. The number of aromatic amines is 1. The number of aromatic nitrogens is 3. The average Bonchev–Trinajstić information content (AvgIpc) is 3.12. The predicted octanol–water partition coefficient (Wildman–Crippen LogP) is 2.30. The summed E-state index contributed by atoms with van der Waals surface area (Å²) < 4.78 is 1.62. The molecule has 4 heterocycles. The number of nitrogens with zero attached hydrogens (tertiary/aromatic N) is 4. The van der Waals surface area contributed by atoms with Crippen LogP contribution < -0.4 is 5.56 Å². The number of likely N-dealkylation sites (tertiary alicyclic amines) is 1. The van der Waals surface area contributed by atoms with Crippen molar-refractivity contribution in [3.63, 3.8) is 0 Å². The lowest BCUT2D eigenvalue weighted by Gasteiger charge is -2.31. The Morgan fingerprint density at radius 1 is 1.29 bits per heavy atom. The maximum absolute atomic E-state index is 13.1. The molecule has 0 saturated carbocycles. The first-order valence-corrected chi connectivity index (χ1v) is 10.6. The molecule has 1 N–H and O–H groups in total. The van der Waals surface area contributed by atoms with Crippen molar-refractivity contribution in [2.24, 2.45) is 0 Å².